The van der Waals surface area contributed by atoms with Crippen molar-refractivity contribution < 1.29 is 9.31 Å². The van der Waals surface area contributed by atoms with Gasteiger partial charge < -0.3 is 5.73 Å². The Kier molecular flexibility index (Phi) is 3.74. The van der Waals surface area contributed by atoms with Gasteiger partial charge in [-0.1, -0.05) is 13.3 Å². The Hall–Kier alpha value is -1.49. The second-order valence-corrected chi connectivity index (χ2v) is 3.36. The molecule has 82 valence electrons. The second-order valence-electron chi connectivity index (χ2n) is 3.36. The molecule has 5 heteroatoms. The summed E-state index contributed by atoms with van der Waals surface area (Å²) in [6.45, 7) is 1.92. The van der Waals surface area contributed by atoms with Gasteiger partial charge in [-0.25, -0.2) is 4.39 Å². The number of nitro benzene ring substituents is 1. The number of rotatable bonds is 4. The molecular weight excluding hydrogens is 199 g/mol. The molecule has 0 aromatic heterocycles. The highest BCUT2D eigenvalue weighted by molar-refractivity contribution is 5.42. The van der Waals surface area contributed by atoms with Gasteiger partial charge in [-0.15, -0.1) is 0 Å². The molecular formula is C10H13FN2O2. The number of nitrogens with zero attached hydrogens (tertiary/aromatic N) is 1. The summed E-state index contributed by atoms with van der Waals surface area (Å²) < 4.78 is 12.9. The van der Waals surface area contributed by atoms with Crippen LogP contribution >= 0.6 is 0 Å². The normalized spacial score (nSPS) is 12.5. The van der Waals surface area contributed by atoms with Crippen LogP contribution in [0.5, 0.6) is 0 Å². The van der Waals surface area contributed by atoms with E-state index in [4.69, 9.17) is 5.73 Å². The highest BCUT2D eigenvalue weighted by Gasteiger charge is 2.19. The number of benzene rings is 1. The average molecular weight is 212 g/mol. The van der Waals surface area contributed by atoms with Crippen LogP contribution in [0.15, 0.2) is 18.2 Å². The summed E-state index contributed by atoms with van der Waals surface area (Å²) >= 11 is 0. The zero-order chi connectivity index (χ0) is 11.4. The van der Waals surface area contributed by atoms with Crippen LogP contribution in [0, 0.1) is 15.9 Å². The molecule has 0 fully saturated rings. The van der Waals surface area contributed by atoms with Gasteiger partial charge in [0, 0.05) is 17.7 Å². The maximum absolute atomic E-state index is 12.9. The number of hydrogen-bond acceptors (Lipinski definition) is 3. The molecule has 0 saturated heterocycles. The Morgan fingerprint density at radius 2 is 2.27 bits per heavy atom. The van der Waals surface area contributed by atoms with Crippen LogP contribution in [0.25, 0.3) is 0 Å². The van der Waals surface area contributed by atoms with Gasteiger partial charge in [-0.2, -0.15) is 0 Å². The van der Waals surface area contributed by atoms with Crippen LogP contribution in [0.4, 0.5) is 10.1 Å². The Morgan fingerprint density at radius 1 is 1.60 bits per heavy atom. The van der Waals surface area contributed by atoms with Crippen molar-refractivity contribution in [3.63, 3.8) is 0 Å². The SMILES string of the molecule is CCC[C@H](N)c1cc(F)ccc1[N+](=O)[O-]. The fraction of sp³-hybridized carbons (Fsp3) is 0.400. The van der Waals surface area contributed by atoms with Gasteiger partial charge in [0.15, 0.2) is 0 Å². The van der Waals surface area contributed by atoms with Crippen molar-refractivity contribution in [3.8, 4) is 0 Å². The molecule has 1 aromatic carbocycles. The highest BCUT2D eigenvalue weighted by atomic mass is 19.1. The largest absolute Gasteiger partial charge is 0.324 e. The lowest BCUT2D eigenvalue weighted by Crippen LogP contribution is -2.12. The smallest absolute Gasteiger partial charge is 0.274 e. The third-order valence-corrected chi connectivity index (χ3v) is 2.19. The van der Waals surface area contributed by atoms with E-state index in [9.17, 15) is 14.5 Å². The van der Waals surface area contributed by atoms with Gasteiger partial charge in [0.25, 0.3) is 5.69 Å². The fourth-order valence-electron chi connectivity index (χ4n) is 1.46. The molecule has 0 bridgehead atoms. The summed E-state index contributed by atoms with van der Waals surface area (Å²) in [7, 11) is 0. The van der Waals surface area contributed by atoms with E-state index in [1.807, 2.05) is 6.92 Å². The zero-order valence-electron chi connectivity index (χ0n) is 8.44. The maximum atomic E-state index is 12.9. The van der Waals surface area contributed by atoms with E-state index in [1.165, 1.54) is 0 Å². The van der Waals surface area contributed by atoms with Crippen molar-refractivity contribution in [2.24, 2.45) is 5.73 Å². The predicted octanol–water partition coefficient (Wildman–Crippen LogP) is 2.53. The van der Waals surface area contributed by atoms with Gasteiger partial charge >= 0.3 is 0 Å². The van der Waals surface area contributed by atoms with Gasteiger partial charge in [-0.3, -0.25) is 10.1 Å². The van der Waals surface area contributed by atoms with Crippen molar-refractivity contribution in [3.05, 3.63) is 39.7 Å². The molecule has 0 heterocycles. The maximum Gasteiger partial charge on any atom is 0.274 e. The molecule has 1 aromatic rings. The van der Waals surface area contributed by atoms with E-state index in [1.54, 1.807) is 0 Å². The quantitative estimate of drug-likeness (QED) is 0.615. The summed E-state index contributed by atoms with van der Waals surface area (Å²) in [6.07, 6.45) is 1.40. The van der Waals surface area contributed by atoms with Crippen molar-refractivity contribution in [2.75, 3.05) is 0 Å². The molecule has 0 aliphatic carbocycles. The number of halogens is 1. The van der Waals surface area contributed by atoms with Crippen LogP contribution in [0.3, 0.4) is 0 Å². The zero-order valence-corrected chi connectivity index (χ0v) is 8.44. The first-order valence-corrected chi connectivity index (χ1v) is 4.75. The summed E-state index contributed by atoms with van der Waals surface area (Å²) in [5, 5.41) is 10.7. The van der Waals surface area contributed by atoms with E-state index in [0.29, 0.717) is 6.42 Å². The van der Waals surface area contributed by atoms with E-state index in [0.717, 1.165) is 24.6 Å². The van der Waals surface area contributed by atoms with Crippen molar-refractivity contribution in [1.82, 2.24) is 0 Å². The third kappa shape index (κ3) is 2.73. The van der Waals surface area contributed by atoms with E-state index >= 15 is 0 Å². The molecule has 0 aliphatic heterocycles. The molecule has 2 N–H and O–H groups in total. The van der Waals surface area contributed by atoms with Gasteiger partial charge in [0.2, 0.25) is 0 Å². The average Bonchev–Trinajstić information content (AvgIpc) is 2.17. The van der Waals surface area contributed by atoms with E-state index in [2.05, 4.69) is 0 Å². The molecule has 0 saturated carbocycles. The molecule has 1 rings (SSSR count). The Balaban J connectivity index is 3.12. The van der Waals surface area contributed by atoms with Crippen LogP contribution in [0.2, 0.25) is 0 Å². The van der Waals surface area contributed by atoms with Crippen molar-refractivity contribution in [2.45, 2.75) is 25.8 Å². The van der Waals surface area contributed by atoms with Crippen LogP contribution in [-0.4, -0.2) is 4.92 Å². The molecule has 0 spiro atoms. The topological polar surface area (TPSA) is 69.2 Å². The lowest BCUT2D eigenvalue weighted by Gasteiger charge is -2.10. The molecule has 0 unspecified atom stereocenters. The molecule has 0 amide bonds. The minimum absolute atomic E-state index is 0.114. The third-order valence-electron chi connectivity index (χ3n) is 2.19. The predicted molar refractivity (Wildman–Crippen MR) is 54.9 cm³/mol. The first kappa shape index (κ1) is 11.6. The Morgan fingerprint density at radius 3 is 2.80 bits per heavy atom. The summed E-state index contributed by atoms with van der Waals surface area (Å²) in [5.74, 6) is -0.498. The molecule has 4 nitrogen and oxygen atoms in total. The van der Waals surface area contributed by atoms with Crippen molar-refractivity contribution >= 4 is 5.69 Å². The molecule has 0 aliphatic rings. The van der Waals surface area contributed by atoms with Crippen LogP contribution in [-0.2, 0) is 0 Å². The second kappa shape index (κ2) is 4.84. The lowest BCUT2D eigenvalue weighted by molar-refractivity contribution is -0.385. The van der Waals surface area contributed by atoms with Gasteiger partial charge in [0.05, 0.1) is 4.92 Å². The standard InChI is InChI=1S/C10H13FN2O2/c1-2-3-9(12)8-6-7(11)4-5-10(8)13(14)15/h4-6,9H,2-3,12H2,1H3/t9-/m0/s1. The fourth-order valence-corrected chi connectivity index (χ4v) is 1.46. The summed E-state index contributed by atoms with van der Waals surface area (Å²) in [4.78, 5) is 10.1. The highest BCUT2D eigenvalue weighted by Crippen LogP contribution is 2.26. The first-order valence-electron chi connectivity index (χ1n) is 4.75. The van der Waals surface area contributed by atoms with Crippen molar-refractivity contribution in [1.29, 1.82) is 0 Å². The van der Waals surface area contributed by atoms with Gasteiger partial charge in [-0.05, 0) is 18.6 Å². The lowest BCUT2D eigenvalue weighted by atomic mass is 10.0. The molecule has 1 atom stereocenters. The first-order chi connectivity index (χ1) is 7.06. The van der Waals surface area contributed by atoms with Gasteiger partial charge in [0.1, 0.15) is 5.82 Å². The molecule has 0 radical (unpaired) electrons. The van der Waals surface area contributed by atoms with Crippen LogP contribution in [0.1, 0.15) is 31.4 Å². The monoisotopic (exact) mass is 212 g/mol. The Labute approximate surface area is 87.0 Å². The minimum Gasteiger partial charge on any atom is -0.324 e. The number of hydrogen-bond donors (Lipinski definition) is 1. The van der Waals surface area contributed by atoms with E-state index in [-0.39, 0.29) is 11.3 Å². The minimum atomic E-state index is -0.537. The summed E-state index contributed by atoms with van der Waals surface area (Å²) in [6, 6.07) is 2.88. The van der Waals surface area contributed by atoms with Crippen LogP contribution < -0.4 is 5.73 Å². The Bertz CT molecular complexity index is 368. The summed E-state index contributed by atoms with van der Waals surface area (Å²) in [5.41, 5.74) is 5.89. The van der Waals surface area contributed by atoms with E-state index < -0.39 is 16.8 Å². The number of nitrogens with two attached hydrogens (primary N) is 1. The molecule has 15 heavy (non-hydrogen) atoms. The number of nitro groups is 1.